The highest BCUT2D eigenvalue weighted by atomic mass is 16.5. The van der Waals surface area contributed by atoms with Crippen molar-refractivity contribution in [1.29, 1.82) is 0 Å². The number of hydrogen-bond donors (Lipinski definition) is 1. The molecular weight excluding hydrogens is 434 g/mol. The third-order valence-corrected chi connectivity index (χ3v) is 5.88. The monoisotopic (exact) mass is 485 g/mol. The summed E-state index contributed by atoms with van der Waals surface area (Å²) in [7, 11) is 5.35. The van der Waals surface area contributed by atoms with Gasteiger partial charge < -0.3 is 29.0 Å². The first kappa shape index (κ1) is 32.6. The van der Waals surface area contributed by atoms with Gasteiger partial charge in [0.15, 0.2) is 0 Å². The number of ether oxygens (including phenoxy) is 2. The number of quaternary nitrogens is 1. The van der Waals surface area contributed by atoms with Crippen molar-refractivity contribution in [3.05, 3.63) is 12.2 Å². The van der Waals surface area contributed by atoms with Gasteiger partial charge in [-0.15, -0.1) is 0 Å². The molecule has 0 amide bonds. The Morgan fingerprint density at radius 2 is 1.44 bits per heavy atom. The van der Waals surface area contributed by atoms with Gasteiger partial charge in [0.25, 0.3) is 0 Å². The third kappa shape index (κ3) is 20.0. The van der Waals surface area contributed by atoms with Crippen LogP contribution in [0.5, 0.6) is 0 Å². The van der Waals surface area contributed by atoms with E-state index in [9.17, 15) is 19.8 Å². The minimum Gasteiger partial charge on any atom is -0.544 e. The van der Waals surface area contributed by atoms with Crippen LogP contribution in [0.2, 0.25) is 0 Å². The third-order valence-electron chi connectivity index (χ3n) is 5.88. The molecule has 2 atom stereocenters. The lowest BCUT2D eigenvalue weighted by atomic mass is 10.1. The number of esters is 1. The van der Waals surface area contributed by atoms with Crippen LogP contribution in [0.4, 0.5) is 0 Å². The Morgan fingerprint density at radius 3 is 2.00 bits per heavy atom. The molecule has 0 aromatic carbocycles. The molecule has 2 unspecified atom stereocenters. The van der Waals surface area contributed by atoms with E-state index < -0.39 is 18.1 Å². The number of carbonyl (C=O) groups excluding carboxylic acids is 2. The van der Waals surface area contributed by atoms with Gasteiger partial charge in [0.2, 0.25) is 0 Å². The molecule has 0 aromatic rings. The molecule has 200 valence electrons. The Bertz CT molecular complexity index is 544. The van der Waals surface area contributed by atoms with Gasteiger partial charge in [0, 0.05) is 12.8 Å². The minimum atomic E-state index is -1.12. The van der Waals surface area contributed by atoms with Crippen molar-refractivity contribution in [2.24, 2.45) is 0 Å². The standard InChI is InChI=1S/C27H51NO6/c1-5-6-7-8-9-10-11-12-13-14-15-16-17-18-19-26(30)34-23-24(29)22-33-21-20-25(27(31)32)28(2,3)4/h11-12,24-25,29H,5-10,13-23H2,1-4H3/b12-11-. The minimum absolute atomic E-state index is 0.00249. The van der Waals surface area contributed by atoms with Crippen molar-refractivity contribution in [3.8, 4) is 0 Å². The predicted molar refractivity (Wildman–Crippen MR) is 134 cm³/mol. The van der Waals surface area contributed by atoms with E-state index in [4.69, 9.17) is 9.47 Å². The second-order valence-corrected chi connectivity index (χ2v) is 10.1. The molecule has 0 radical (unpaired) electrons. The number of aliphatic carboxylic acids is 1. The number of rotatable bonds is 23. The Balaban J connectivity index is 3.59. The maximum Gasteiger partial charge on any atom is 0.305 e. The Morgan fingerprint density at radius 1 is 0.882 bits per heavy atom. The molecule has 0 fully saturated rings. The van der Waals surface area contributed by atoms with Gasteiger partial charge in [-0.05, 0) is 32.1 Å². The van der Waals surface area contributed by atoms with Gasteiger partial charge in [0.05, 0.1) is 40.3 Å². The van der Waals surface area contributed by atoms with Gasteiger partial charge in [-0.1, -0.05) is 64.0 Å². The number of carboxylic acids is 1. The average Bonchev–Trinajstić information content (AvgIpc) is 2.76. The van der Waals surface area contributed by atoms with Crippen molar-refractivity contribution < 1.29 is 33.8 Å². The van der Waals surface area contributed by atoms with E-state index in [0.717, 1.165) is 25.7 Å². The van der Waals surface area contributed by atoms with Crippen LogP contribution in [0.15, 0.2) is 12.2 Å². The van der Waals surface area contributed by atoms with E-state index in [2.05, 4.69) is 19.1 Å². The predicted octanol–water partition coefficient (Wildman–Crippen LogP) is 3.77. The molecule has 0 aliphatic carbocycles. The molecule has 0 saturated heterocycles. The highest BCUT2D eigenvalue weighted by Crippen LogP contribution is 2.10. The van der Waals surface area contributed by atoms with Crippen LogP contribution in [0.1, 0.15) is 96.8 Å². The maximum absolute atomic E-state index is 11.8. The molecular formula is C27H51NO6. The average molecular weight is 486 g/mol. The lowest BCUT2D eigenvalue weighted by Crippen LogP contribution is -2.55. The SMILES string of the molecule is CCCCCCC/C=C\CCCCCCCC(=O)OCC(O)COCCC(C(=O)[O-])[N+](C)(C)C. The molecule has 7 heteroatoms. The van der Waals surface area contributed by atoms with Gasteiger partial charge in [0.1, 0.15) is 18.8 Å². The summed E-state index contributed by atoms with van der Waals surface area (Å²) in [5.41, 5.74) is 0. The largest absolute Gasteiger partial charge is 0.544 e. The van der Waals surface area contributed by atoms with Crippen molar-refractivity contribution >= 4 is 11.9 Å². The summed E-state index contributed by atoms with van der Waals surface area (Å²) in [6, 6.07) is -0.684. The van der Waals surface area contributed by atoms with Gasteiger partial charge in [-0.25, -0.2) is 0 Å². The zero-order valence-electron chi connectivity index (χ0n) is 22.3. The molecule has 0 heterocycles. The van der Waals surface area contributed by atoms with Crippen LogP contribution in [0.3, 0.4) is 0 Å². The molecule has 34 heavy (non-hydrogen) atoms. The fourth-order valence-electron chi connectivity index (χ4n) is 3.71. The fourth-order valence-corrected chi connectivity index (χ4v) is 3.71. The maximum atomic E-state index is 11.8. The Kier molecular flexibility index (Phi) is 20.0. The molecule has 0 aliphatic rings. The fraction of sp³-hybridized carbons (Fsp3) is 0.852. The molecule has 0 aromatic heterocycles. The summed E-state index contributed by atoms with van der Waals surface area (Å²) < 4.78 is 10.7. The van der Waals surface area contributed by atoms with Gasteiger partial charge in [-0.3, -0.25) is 4.79 Å². The lowest BCUT2D eigenvalue weighted by Gasteiger charge is -2.34. The Hall–Kier alpha value is -1.44. The van der Waals surface area contributed by atoms with E-state index >= 15 is 0 Å². The van der Waals surface area contributed by atoms with Crippen molar-refractivity contribution in [1.82, 2.24) is 0 Å². The first-order valence-electron chi connectivity index (χ1n) is 13.3. The number of aliphatic hydroxyl groups is 1. The number of carboxylic acid groups (broad SMARTS) is 1. The molecule has 7 nitrogen and oxygen atoms in total. The van der Waals surface area contributed by atoms with Crippen LogP contribution in [-0.2, 0) is 19.1 Å². The lowest BCUT2D eigenvalue weighted by molar-refractivity contribution is -0.889. The smallest absolute Gasteiger partial charge is 0.305 e. The van der Waals surface area contributed by atoms with Gasteiger partial charge in [-0.2, -0.15) is 0 Å². The highest BCUT2D eigenvalue weighted by molar-refractivity contribution is 5.69. The number of likely N-dealkylation sites (N-methyl/N-ethyl adjacent to an activating group) is 1. The van der Waals surface area contributed by atoms with Crippen molar-refractivity contribution in [2.45, 2.75) is 109 Å². The summed E-state index contributed by atoms with van der Waals surface area (Å²) in [5, 5.41) is 21.1. The molecule has 0 rings (SSSR count). The number of hydrogen-bond acceptors (Lipinski definition) is 6. The van der Waals surface area contributed by atoms with Crippen LogP contribution < -0.4 is 5.11 Å². The Labute approximate surface area is 208 Å². The molecule has 0 aliphatic heterocycles. The molecule has 1 N–H and O–H groups in total. The van der Waals surface area contributed by atoms with Crippen molar-refractivity contribution in [3.63, 3.8) is 0 Å². The van der Waals surface area contributed by atoms with Crippen LogP contribution in [0.25, 0.3) is 0 Å². The van der Waals surface area contributed by atoms with E-state index in [1.54, 1.807) is 21.1 Å². The van der Waals surface area contributed by atoms with Crippen LogP contribution in [0, 0.1) is 0 Å². The van der Waals surface area contributed by atoms with E-state index in [1.807, 2.05) is 0 Å². The summed E-state index contributed by atoms with van der Waals surface area (Å²) in [4.78, 5) is 23.0. The van der Waals surface area contributed by atoms with E-state index in [0.29, 0.717) is 6.42 Å². The first-order valence-corrected chi connectivity index (χ1v) is 13.3. The van der Waals surface area contributed by atoms with Crippen LogP contribution >= 0.6 is 0 Å². The summed E-state index contributed by atoms with van der Waals surface area (Å²) in [6.07, 6.45) is 18.7. The van der Waals surface area contributed by atoms with E-state index in [1.165, 1.54) is 51.4 Å². The van der Waals surface area contributed by atoms with E-state index in [-0.39, 0.29) is 36.7 Å². The number of allylic oxidation sites excluding steroid dienone is 2. The molecule has 0 spiro atoms. The zero-order chi connectivity index (χ0) is 25.7. The molecule has 0 saturated carbocycles. The first-order chi connectivity index (χ1) is 16.2. The van der Waals surface area contributed by atoms with Gasteiger partial charge >= 0.3 is 5.97 Å². The second kappa shape index (κ2) is 20.9. The zero-order valence-corrected chi connectivity index (χ0v) is 22.3. The summed E-state index contributed by atoms with van der Waals surface area (Å²) >= 11 is 0. The molecule has 0 bridgehead atoms. The normalized spacial score (nSPS) is 13.8. The van der Waals surface area contributed by atoms with Crippen molar-refractivity contribution in [2.75, 3.05) is 41.0 Å². The summed E-state index contributed by atoms with van der Waals surface area (Å²) in [5.74, 6) is -1.42. The quantitative estimate of drug-likeness (QED) is 0.102. The highest BCUT2D eigenvalue weighted by Gasteiger charge is 2.24. The summed E-state index contributed by atoms with van der Waals surface area (Å²) in [6.45, 7) is 2.32. The number of nitrogens with zero attached hydrogens (tertiary/aromatic N) is 1. The topological polar surface area (TPSA) is 95.9 Å². The number of aliphatic hydroxyl groups excluding tert-OH is 1. The number of carbonyl (C=O) groups is 2. The second-order valence-electron chi connectivity index (χ2n) is 10.1. The van der Waals surface area contributed by atoms with Crippen LogP contribution in [-0.4, -0.2) is 74.6 Å². The number of unbranched alkanes of at least 4 members (excludes halogenated alkanes) is 10.